The fraction of sp³-hybridized carbons (Fsp3) is 0.208. The lowest BCUT2D eigenvalue weighted by atomic mass is 9.98. The van der Waals surface area contributed by atoms with Crippen molar-refractivity contribution in [2.24, 2.45) is 0 Å². The molecule has 0 radical (unpaired) electrons. The second-order valence-electron chi connectivity index (χ2n) is 8.00. The number of hydrogen-bond acceptors (Lipinski definition) is 4. The van der Waals surface area contributed by atoms with E-state index in [0.717, 1.165) is 12.1 Å². The number of carbonyl (C=O) groups excluding carboxylic acids is 2. The highest BCUT2D eigenvalue weighted by molar-refractivity contribution is 6.31. The molecular weight excluding hydrogens is 507 g/mol. The number of rotatable bonds is 6. The molecular formula is C24H18ClF5N4O2. The van der Waals surface area contributed by atoms with Crippen molar-refractivity contribution < 1.29 is 31.5 Å². The summed E-state index contributed by atoms with van der Waals surface area (Å²) in [6.45, 7) is 2.36. The largest absolute Gasteiger partial charge is 0.416 e. The van der Waals surface area contributed by atoms with Gasteiger partial charge in [0, 0.05) is 34.3 Å². The summed E-state index contributed by atoms with van der Waals surface area (Å²) >= 11 is 6.24. The normalized spacial score (nSPS) is 14.9. The minimum absolute atomic E-state index is 0.00472. The van der Waals surface area contributed by atoms with Crippen molar-refractivity contribution in [3.63, 3.8) is 0 Å². The van der Waals surface area contributed by atoms with Crippen LogP contribution >= 0.6 is 11.6 Å². The fourth-order valence-corrected chi connectivity index (χ4v) is 4.01. The van der Waals surface area contributed by atoms with E-state index in [-0.39, 0.29) is 39.4 Å². The van der Waals surface area contributed by atoms with Gasteiger partial charge in [0.2, 0.25) is 0 Å². The van der Waals surface area contributed by atoms with Crippen LogP contribution in [-0.4, -0.2) is 23.3 Å². The number of aromatic nitrogens is 1. The lowest BCUT2D eigenvalue weighted by molar-refractivity contribution is -0.137. The van der Waals surface area contributed by atoms with Crippen LogP contribution in [0.5, 0.6) is 0 Å². The number of amides is 2. The minimum Gasteiger partial charge on any atom is -0.370 e. The van der Waals surface area contributed by atoms with Gasteiger partial charge in [-0.15, -0.1) is 0 Å². The summed E-state index contributed by atoms with van der Waals surface area (Å²) in [6.07, 6.45) is -4.17. The maximum Gasteiger partial charge on any atom is 0.416 e. The monoisotopic (exact) mass is 524 g/mol. The fourth-order valence-electron chi connectivity index (χ4n) is 3.79. The molecule has 0 spiro atoms. The molecule has 6 nitrogen and oxygen atoms in total. The third-order valence-corrected chi connectivity index (χ3v) is 5.74. The third-order valence-electron chi connectivity index (χ3n) is 5.40. The predicted molar refractivity (Wildman–Crippen MR) is 123 cm³/mol. The van der Waals surface area contributed by atoms with Crippen molar-refractivity contribution >= 4 is 34.9 Å². The first-order valence-corrected chi connectivity index (χ1v) is 11.1. The predicted octanol–water partition coefficient (Wildman–Crippen LogP) is 5.94. The summed E-state index contributed by atoms with van der Waals surface area (Å²) in [5, 5.41) is 8.19. The molecule has 1 aliphatic heterocycles. The summed E-state index contributed by atoms with van der Waals surface area (Å²) in [5.41, 5.74) is -1.69. The number of hydrogen-bond donors (Lipinski definition) is 3. The first kappa shape index (κ1) is 25.4. The lowest BCUT2D eigenvalue weighted by Crippen LogP contribution is -2.21. The van der Waals surface area contributed by atoms with Crippen LogP contribution < -0.4 is 16.0 Å². The number of benzene rings is 2. The van der Waals surface area contributed by atoms with Gasteiger partial charge in [0.25, 0.3) is 11.8 Å². The Balaban J connectivity index is 1.81. The Labute approximate surface area is 206 Å². The summed E-state index contributed by atoms with van der Waals surface area (Å²) in [6, 6.07) is 5.35. The van der Waals surface area contributed by atoms with Crippen LogP contribution in [0.1, 0.15) is 56.9 Å². The van der Waals surface area contributed by atoms with E-state index >= 15 is 0 Å². The van der Waals surface area contributed by atoms with Gasteiger partial charge in [-0.3, -0.25) is 9.59 Å². The van der Waals surface area contributed by atoms with E-state index in [1.165, 1.54) is 12.1 Å². The molecule has 0 saturated heterocycles. The van der Waals surface area contributed by atoms with Crippen molar-refractivity contribution in [1.82, 2.24) is 10.3 Å². The van der Waals surface area contributed by atoms with Gasteiger partial charge in [-0.25, -0.2) is 13.8 Å². The van der Waals surface area contributed by atoms with Crippen LogP contribution in [0.3, 0.4) is 0 Å². The SMILES string of the molecule is CCCNc1cc(NC(=O)c2cc(F)cc(C(F)(F)F)c2)c2c(n1)C(=O)NC2c1cc(F)ccc1Cl. The zero-order valence-electron chi connectivity index (χ0n) is 18.6. The third kappa shape index (κ3) is 5.11. The van der Waals surface area contributed by atoms with E-state index in [0.29, 0.717) is 25.1 Å². The highest BCUT2D eigenvalue weighted by Gasteiger charge is 2.37. The number of fused-ring (bicyclic) bond motifs is 1. The van der Waals surface area contributed by atoms with E-state index in [1.54, 1.807) is 0 Å². The van der Waals surface area contributed by atoms with Crippen molar-refractivity contribution in [2.45, 2.75) is 25.6 Å². The van der Waals surface area contributed by atoms with Gasteiger partial charge in [-0.1, -0.05) is 18.5 Å². The molecule has 0 saturated carbocycles. The molecule has 1 aromatic heterocycles. The summed E-state index contributed by atoms with van der Waals surface area (Å²) in [4.78, 5) is 30.0. The number of alkyl halides is 3. The quantitative estimate of drug-likeness (QED) is 0.349. The van der Waals surface area contributed by atoms with Crippen LogP contribution in [-0.2, 0) is 6.18 Å². The molecule has 0 fully saturated rings. The number of nitrogens with one attached hydrogen (secondary N) is 3. The topological polar surface area (TPSA) is 83.1 Å². The lowest BCUT2D eigenvalue weighted by Gasteiger charge is -2.19. The number of anilines is 2. The van der Waals surface area contributed by atoms with Crippen molar-refractivity contribution in [2.75, 3.05) is 17.2 Å². The summed E-state index contributed by atoms with van der Waals surface area (Å²) in [5.74, 6) is -3.35. The van der Waals surface area contributed by atoms with Crippen LogP contribution in [0, 0.1) is 11.6 Å². The second kappa shape index (κ2) is 9.73. The van der Waals surface area contributed by atoms with Crippen molar-refractivity contribution in [3.05, 3.63) is 87.1 Å². The Bertz CT molecular complexity index is 1360. The van der Waals surface area contributed by atoms with E-state index in [1.807, 2.05) is 6.92 Å². The molecule has 0 bridgehead atoms. The zero-order chi connectivity index (χ0) is 26.2. The highest BCUT2D eigenvalue weighted by atomic mass is 35.5. The van der Waals surface area contributed by atoms with Crippen LogP contribution in [0.4, 0.5) is 33.5 Å². The average Bonchev–Trinajstić information content (AvgIpc) is 3.14. The maximum atomic E-state index is 14.0. The van der Waals surface area contributed by atoms with Crippen LogP contribution in [0.25, 0.3) is 0 Å². The number of carbonyl (C=O) groups is 2. The van der Waals surface area contributed by atoms with Gasteiger partial charge in [0.15, 0.2) is 0 Å². The van der Waals surface area contributed by atoms with Gasteiger partial charge in [-0.2, -0.15) is 13.2 Å². The van der Waals surface area contributed by atoms with Crippen molar-refractivity contribution in [1.29, 1.82) is 0 Å². The molecule has 1 unspecified atom stereocenters. The second-order valence-corrected chi connectivity index (χ2v) is 8.40. The van der Waals surface area contributed by atoms with Gasteiger partial charge in [0.05, 0.1) is 17.3 Å². The van der Waals surface area contributed by atoms with Crippen LogP contribution in [0.2, 0.25) is 5.02 Å². The number of halogens is 6. The Morgan fingerprint density at radius 3 is 2.56 bits per heavy atom. The summed E-state index contributed by atoms with van der Waals surface area (Å²) < 4.78 is 67.3. The smallest absolute Gasteiger partial charge is 0.370 e. The van der Waals surface area contributed by atoms with E-state index in [4.69, 9.17) is 11.6 Å². The first-order chi connectivity index (χ1) is 17.0. The Hall–Kier alpha value is -3.73. The standard InChI is InChI=1S/C24H18ClF5N4O2/c1-2-5-31-18-10-17(32-22(35)11-6-12(24(28,29)30)8-14(27)7-11)19-20(34-23(36)21(19)33-18)15-9-13(26)3-4-16(15)25/h3-4,6-10,20H,2,5H2,1H3,(H,34,36)(H2,31,32,33,35). The molecule has 2 amide bonds. The molecule has 2 aromatic carbocycles. The molecule has 188 valence electrons. The van der Waals surface area contributed by atoms with E-state index in [2.05, 4.69) is 20.9 Å². The molecule has 3 N–H and O–H groups in total. The molecule has 0 aliphatic carbocycles. The van der Waals surface area contributed by atoms with Gasteiger partial charge >= 0.3 is 6.18 Å². The molecule has 12 heteroatoms. The Kier molecular flexibility index (Phi) is 6.85. The van der Waals surface area contributed by atoms with E-state index < -0.39 is 46.8 Å². The van der Waals surface area contributed by atoms with Crippen LogP contribution in [0.15, 0.2) is 42.5 Å². The average molecular weight is 525 g/mol. The molecule has 1 aliphatic rings. The first-order valence-electron chi connectivity index (χ1n) is 10.7. The Morgan fingerprint density at radius 1 is 1.11 bits per heavy atom. The molecule has 36 heavy (non-hydrogen) atoms. The maximum absolute atomic E-state index is 14.0. The molecule has 2 heterocycles. The van der Waals surface area contributed by atoms with E-state index in [9.17, 15) is 31.5 Å². The molecule has 1 atom stereocenters. The van der Waals surface area contributed by atoms with Gasteiger partial charge in [-0.05, 0) is 42.8 Å². The van der Waals surface area contributed by atoms with Crippen molar-refractivity contribution in [3.8, 4) is 0 Å². The number of nitrogens with zero attached hydrogens (tertiary/aromatic N) is 1. The molecule has 3 aromatic rings. The number of pyridine rings is 1. The minimum atomic E-state index is -4.87. The van der Waals surface area contributed by atoms with Gasteiger partial charge in [0.1, 0.15) is 23.1 Å². The highest BCUT2D eigenvalue weighted by Crippen LogP contribution is 2.40. The Morgan fingerprint density at radius 2 is 1.86 bits per heavy atom. The zero-order valence-corrected chi connectivity index (χ0v) is 19.3. The van der Waals surface area contributed by atoms with Gasteiger partial charge < -0.3 is 16.0 Å². The summed E-state index contributed by atoms with van der Waals surface area (Å²) in [7, 11) is 0. The molecule has 4 rings (SSSR count).